The molecular weight excluding hydrogens is 394 g/mol. The molecule has 1 unspecified atom stereocenters. The lowest BCUT2D eigenvalue weighted by atomic mass is 9.86. The molecule has 7 heteroatoms. The first-order valence-corrected chi connectivity index (χ1v) is 10.7. The van der Waals surface area contributed by atoms with Gasteiger partial charge in [-0.1, -0.05) is 32.9 Å². The van der Waals surface area contributed by atoms with Crippen LogP contribution in [0.2, 0.25) is 0 Å². The second-order valence-electron chi connectivity index (χ2n) is 9.11. The second-order valence-corrected chi connectivity index (χ2v) is 9.11. The number of nitrogens with zero attached hydrogens (tertiary/aromatic N) is 1. The second kappa shape index (κ2) is 9.37. The number of benzene rings is 1. The Morgan fingerprint density at radius 3 is 2.23 bits per heavy atom. The molecule has 0 radical (unpaired) electrons. The molecule has 3 amide bonds. The molecule has 1 atom stereocenters. The standard InChI is InChI=1S/C24H31N3O4/c1-16(25-22(29)17-5-7-19(8-6-17)24(2,3)4)21(28)26-20-9-12-27(13-10-20)23(30)18-11-14-31-15-18/h5-8,11,14-16,20H,9-10,12-13H2,1-4H3,(H,25,29)(H,26,28). The van der Waals surface area contributed by atoms with Gasteiger partial charge in [-0.2, -0.15) is 0 Å². The number of carbonyl (C=O) groups is 3. The molecule has 1 aromatic heterocycles. The van der Waals surface area contributed by atoms with E-state index in [2.05, 4.69) is 31.4 Å². The first-order valence-electron chi connectivity index (χ1n) is 10.7. The summed E-state index contributed by atoms with van der Waals surface area (Å²) in [5.74, 6) is -0.556. The zero-order valence-corrected chi connectivity index (χ0v) is 18.6. The number of amides is 3. The van der Waals surface area contributed by atoms with Gasteiger partial charge in [0.2, 0.25) is 5.91 Å². The fourth-order valence-electron chi connectivity index (χ4n) is 3.59. The number of rotatable bonds is 5. The van der Waals surface area contributed by atoms with E-state index in [1.807, 2.05) is 12.1 Å². The van der Waals surface area contributed by atoms with Crippen molar-refractivity contribution in [2.24, 2.45) is 0 Å². The van der Waals surface area contributed by atoms with Crippen LogP contribution in [0.5, 0.6) is 0 Å². The van der Waals surface area contributed by atoms with E-state index in [1.54, 1.807) is 30.0 Å². The Kier molecular flexibility index (Phi) is 6.83. The Morgan fingerprint density at radius 1 is 1.03 bits per heavy atom. The summed E-state index contributed by atoms with van der Waals surface area (Å²) in [5, 5.41) is 5.75. The summed E-state index contributed by atoms with van der Waals surface area (Å²) in [7, 11) is 0. The predicted molar refractivity (Wildman–Crippen MR) is 118 cm³/mol. The van der Waals surface area contributed by atoms with Crippen molar-refractivity contribution < 1.29 is 18.8 Å². The van der Waals surface area contributed by atoms with Gasteiger partial charge in [0.05, 0.1) is 11.8 Å². The van der Waals surface area contributed by atoms with Crippen molar-refractivity contribution in [3.05, 3.63) is 59.5 Å². The van der Waals surface area contributed by atoms with Crippen LogP contribution in [0.25, 0.3) is 0 Å². The fourth-order valence-corrected chi connectivity index (χ4v) is 3.59. The Balaban J connectivity index is 1.46. The molecule has 2 heterocycles. The maximum atomic E-state index is 12.5. The van der Waals surface area contributed by atoms with E-state index in [9.17, 15) is 14.4 Å². The normalized spacial score (nSPS) is 15.9. The predicted octanol–water partition coefficient (Wildman–Crippen LogP) is 3.12. The molecule has 7 nitrogen and oxygen atoms in total. The summed E-state index contributed by atoms with van der Waals surface area (Å²) in [6.45, 7) is 9.16. The van der Waals surface area contributed by atoms with Gasteiger partial charge < -0.3 is 20.0 Å². The monoisotopic (exact) mass is 425 g/mol. The van der Waals surface area contributed by atoms with Gasteiger partial charge in [-0.25, -0.2) is 0 Å². The van der Waals surface area contributed by atoms with E-state index in [-0.39, 0.29) is 29.2 Å². The Hall–Kier alpha value is -3.09. The zero-order chi connectivity index (χ0) is 22.6. The molecule has 0 saturated carbocycles. The van der Waals surface area contributed by atoms with Crippen LogP contribution >= 0.6 is 0 Å². The fraction of sp³-hybridized carbons (Fsp3) is 0.458. The Morgan fingerprint density at radius 2 is 1.68 bits per heavy atom. The van der Waals surface area contributed by atoms with Gasteiger partial charge in [-0.05, 0) is 48.9 Å². The van der Waals surface area contributed by atoms with E-state index < -0.39 is 6.04 Å². The minimum absolute atomic E-state index is 0.0148. The largest absolute Gasteiger partial charge is 0.472 e. The summed E-state index contributed by atoms with van der Waals surface area (Å²) in [6.07, 6.45) is 4.26. The minimum Gasteiger partial charge on any atom is -0.472 e. The van der Waals surface area contributed by atoms with Crippen LogP contribution in [-0.2, 0) is 10.2 Å². The van der Waals surface area contributed by atoms with Crippen LogP contribution in [0.3, 0.4) is 0 Å². The van der Waals surface area contributed by atoms with E-state index in [1.165, 1.54) is 12.5 Å². The lowest BCUT2D eigenvalue weighted by molar-refractivity contribution is -0.123. The highest BCUT2D eigenvalue weighted by atomic mass is 16.3. The summed E-state index contributed by atoms with van der Waals surface area (Å²) >= 11 is 0. The molecule has 31 heavy (non-hydrogen) atoms. The van der Waals surface area contributed by atoms with Crippen LogP contribution in [0.4, 0.5) is 0 Å². The van der Waals surface area contributed by atoms with Gasteiger partial charge in [0.1, 0.15) is 12.3 Å². The molecule has 1 fully saturated rings. The summed E-state index contributed by atoms with van der Waals surface area (Å²) in [5.41, 5.74) is 2.22. The lowest BCUT2D eigenvalue weighted by Crippen LogP contribution is -2.51. The minimum atomic E-state index is -0.652. The third kappa shape index (κ3) is 5.75. The smallest absolute Gasteiger partial charge is 0.257 e. The van der Waals surface area contributed by atoms with Gasteiger partial charge in [-0.15, -0.1) is 0 Å². The number of hydrogen-bond acceptors (Lipinski definition) is 4. The maximum absolute atomic E-state index is 12.5. The van der Waals surface area contributed by atoms with E-state index in [0.29, 0.717) is 37.1 Å². The highest BCUT2D eigenvalue weighted by molar-refractivity contribution is 5.97. The third-order valence-corrected chi connectivity index (χ3v) is 5.65. The van der Waals surface area contributed by atoms with Crippen LogP contribution in [-0.4, -0.2) is 47.8 Å². The molecule has 1 aliphatic heterocycles. The number of furan rings is 1. The summed E-state index contributed by atoms with van der Waals surface area (Å²) < 4.78 is 4.97. The van der Waals surface area contributed by atoms with Gasteiger partial charge in [-0.3, -0.25) is 14.4 Å². The Bertz CT molecular complexity index is 905. The first kappa shape index (κ1) is 22.6. The quantitative estimate of drug-likeness (QED) is 0.770. The third-order valence-electron chi connectivity index (χ3n) is 5.65. The zero-order valence-electron chi connectivity index (χ0n) is 18.6. The van der Waals surface area contributed by atoms with Crippen molar-refractivity contribution in [2.75, 3.05) is 13.1 Å². The summed E-state index contributed by atoms with van der Waals surface area (Å²) in [4.78, 5) is 39.2. The number of likely N-dealkylation sites (tertiary alicyclic amines) is 1. The molecule has 2 aromatic rings. The Labute approximate surface area is 183 Å². The topological polar surface area (TPSA) is 91.7 Å². The van der Waals surface area contributed by atoms with E-state index in [4.69, 9.17) is 4.42 Å². The average molecular weight is 426 g/mol. The molecular formula is C24H31N3O4. The van der Waals surface area contributed by atoms with E-state index >= 15 is 0 Å². The molecule has 166 valence electrons. The summed E-state index contributed by atoms with van der Waals surface area (Å²) in [6, 6.07) is 8.43. The van der Waals surface area contributed by atoms with E-state index in [0.717, 1.165) is 5.56 Å². The molecule has 1 aliphatic rings. The van der Waals surface area contributed by atoms with Gasteiger partial charge in [0.15, 0.2) is 0 Å². The van der Waals surface area contributed by atoms with Gasteiger partial charge >= 0.3 is 0 Å². The highest BCUT2D eigenvalue weighted by Gasteiger charge is 2.26. The lowest BCUT2D eigenvalue weighted by Gasteiger charge is -2.32. The van der Waals surface area contributed by atoms with Crippen LogP contribution in [0.1, 0.15) is 66.8 Å². The maximum Gasteiger partial charge on any atom is 0.257 e. The molecule has 3 rings (SSSR count). The van der Waals surface area contributed by atoms with Crippen molar-refractivity contribution in [3.8, 4) is 0 Å². The van der Waals surface area contributed by atoms with Crippen LogP contribution in [0.15, 0.2) is 47.3 Å². The molecule has 0 aliphatic carbocycles. The first-order chi connectivity index (χ1) is 14.6. The molecule has 1 aromatic carbocycles. The van der Waals surface area contributed by atoms with Crippen LogP contribution in [0, 0.1) is 0 Å². The van der Waals surface area contributed by atoms with Crippen molar-refractivity contribution >= 4 is 17.7 Å². The van der Waals surface area contributed by atoms with Crippen molar-refractivity contribution in [2.45, 2.75) is 58.0 Å². The number of nitrogens with one attached hydrogen (secondary N) is 2. The molecule has 0 spiro atoms. The number of piperidine rings is 1. The van der Waals surface area contributed by atoms with Gasteiger partial charge in [0, 0.05) is 24.7 Å². The average Bonchev–Trinajstić information content (AvgIpc) is 3.28. The molecule has 0 bridgehead atoms. The van der Waals surface area contributed by atoms with Crippen molar-refractivity contribution in [3.63, 3.8) is 0 Å². The number of hydrogen-bond donors (Lipinski definition) is 2. The van der Waals surface area contributed by atoms with Crippen molar-refractivity contribution in [1.82, 2.24) is 15.5 Å². The SMILES string of the molecule is CC(NC(=O)c1ccc(C(C)(C)C)cc1)C(=O)NC1CCN(C(=O)c2ccoc2)CC1. The number of carbonyl (C=O) groups excluding carboxylic acids is 3. The highest BCUT2D eigenvalue weighted by Crippen LogP contribution is 2.22. The van der Waals surface area contributed by atoms with Gasteiger partial charge in [0.25, 0.3) is 11.8 Å². The molecule has 2 N–H and O–H groups in total. The molecule has 1 saturated heterocycles. The van der Waals surface area contributed by atoms with Crippen LogP contribution < -0.4 is 10.6 Å². The van der Waals surface area contributed by atoms with Crippen molar-refractivity contribution in [1.29, 1.82) is 0 Å².